The van der Waals surface area contributed by atoms with Crippen LogP contribution in [-0.2, 0) is 14.8 Å². The summed E-state index contributed by atoms with van der Waals surface area (Å²) in [5.41, 5.74) is 2.53. The number of nitrogens with one attached hydrogen (secondary N) is 1. The van der Waals surface area contributed by atoms with Crippen LogP contribution in [0, 0.1) is 5.82 Å². The number of hydrogen-bond donors (Lipinski definition) is 1. The number of carbonyl (C=O) groups excluding carboxylic acids is 1. The van der Waals surface area contributed by atoms with Gasteiger partial charge in [-0.1, -0.05) is 35.9 Å². The van der Waals surface area contributed by atoms with Gasteiger partial charge in [-0.25, -0.2) is 18.2 Å². The van der Waals surface area contributed by atoms with E-state index in [4.69, 9.17) is 11.6 Å². The summed E-state index contributed by atoms with van der Waals surface area (Å²) in [6.07, 6.45) is 2.05. The van der Waals surface area contributed by atoms with Gasteiger partial charge in [-0.2, -0.15) is 5.10 Å². The van der Waals surface area contributed by atoms with E-state index >= 15 is 0 Å². The Bertz CT molecular complexity index is 869. The van der Waals surface area contributed by atoms with Crippen molar-refractivity contribution in [3.63, 3.8) is 0 Å². The number of halogens is 2. The lowest BCUT2D eigenvalue weighted by atomic mass is 10.2. The largest absolute Gasteiger partial charge is 0.271 e. The fourth-order valence-corrected chi connectivity index (χ4v) is 3.03. The number of amides is 1. The third-order valence-electron chi connectivity index (χ3n) is 3.11. The van der Waals surface area contributed by atoms with Gasteiger partial charge in [0.1, 0.15) is 12.4 Å². The summed E-state index contributed by atoms with van der Waals surface area (Å²) >= 11 is 5.84. The van der Waals surface area contributed by atoms with Crippen LogP contribution in [0.1, 0.15) is 5.56 Å². The molecule has 0 fully saturated rings. The first kappa shape index (κ1) is 18.9. The van der Waals surface area contributed by atoms with Gasteiger partial charge in [-0.3, -0.25) is 9.10 Å². The van der Waals surface area contributed by atoms with Crippen molar-refractivity contribution in [3.05, 3.63) is 64.9 Å². The third-order valence-corrected chi connectivity index (χ3v) is 4.58. The van der Waals surface area contributed by atoms with E-state index in [1.807, 2.05) is 0 Å². The van der Waals surface area contributed by atoms with E-state index in [9.17, 15) is 17.6 Å². The van der Waals surface area contributed by atoms with Crippen molar-refractivity contribution in [2.45, 2.75) is 0 Å². The Morgan fingerprint density at radius 1 is 1.24 bits per heavy atom. The predicted octanol–water partition coefficient (Wildman–Crippen LogP) is 2.40. The maximum atomic E-state index is 13.6. The molecule has 132 valence electrons. The van der Waals surface area contributed by atoms with Gasteiger partial charge >= 0.3 is 0 Å². The molecule has 0 atom stereocenters. The first-order valence-corrected chi connectivity index (χ1v) is 9.30. The van der Waals surface area contributed by atoms with E-state index < -0.39 is 28.3 Å². The molecule has 0 aromatic heterocycles. The van der Waals surface area contributed by atoms with Crippen molar-refractivity contribution in [3.8, 4) is 0 Å². The van der Waals surface area contributed by atoms with E-state index in [1.165, 1.54) is 18.2 Å². The van der Waals surface area contributed by atoms with Gasteiger partial charge in [-0.15, -0.1) is 0 Å². The second-order valence-electron chi connectivity index (χ2n) is 5.03. The molecule has 2 rings (SSSR count). The predicted molar refractivity (Wildman–Crippen MR) is 95.8 cm³/mol. The van der Waals surface area contributed by atoms with Crippen molar-refractivity contribution >= 4 is 39.4 Å². The highest BCUT2D eigenvalue weighted by molar-refractivity contribution is 7.92. The molecule has 0 aliphatic heterocycles. The maximum Gasteiger partial charge on any atom is 0.260 e. The molecule has 0 saturated carbocycles. The van der Waals surface area contributed by atoms with Crippen molar-refractivity contribution in [2.75, 3.05) is 17.1 Å². The second kappa shape index (κ2) is 8.09. The maximum absolute atomic E-state index is 13.6. The SMILES string of the molecule is CS(=O)(=O)N(CC(=O)N/N=C\c1c(F)cccc1Cl)c1ccccc1. The number of rotatable bonds is 6. The van der Waals surface area contributed by atoms with Crippen molar-refractivity contribution in [1.82, 2.24) is 5.43 Å². The quantitative estimate of drug-likeness (QED) is 0.614. The molecule has 0 spiro atoms. The summed E-state index contributed by atoms with van der Waals surface area (Å²) < 4.78 is 38.3. The lowest BCUT2D eigenvalue weighted by molar-refractivity contribution is -0.119. The minimum absolute atomic E-state index is 0.0208. The summed E-state index contributed by atoms with van der Waals surface area (Å²) in [7, 11) is -3.66. The number of nitrogens with zero attached hydrogens (tertiary/aromatic N) is 2. The van der Waals surface area contributed by atoms with E-state index in [0.717, 1.165) is 16.8 Å². The smallest absolute Gasteiger partial charge is 0.260 e. The summed E-state index contributed by atoms with van der Waals surface area (Å²) in [6, 6.07) is 12.3. The van der Waals surface area contributed by atoms with Crippen LogP contribution < -0.4 is 9.73 Å². The highest BCUT2D eigenvalue weighted by Crippen LogP contribution is 2.17. The van der Waals surface area contributed by atoms with Gasteiger partial charge in [-0.05, 0) is 24.3 Å². The highest BCUT2D eigenvalue weighted by Gasteiger charge is 2.20. The Hall–Kier alpha value is -2.45. The van der Waals surface area contributed by atoms with Gasteiger partial charge in [0.25, 0.3) is 5.91 Å². The van der Waals surface area contributed by atoms with E-state index in [2.05, 4.69) is 10.5 Å². The monoisotopic (exact) mass is 383 g/mol. The zero-order valence-corrected chi connectivity index (χ0v) is 14.8. The first-order chi connectivity index (χ1) is 11.8. The topological polar surface area (TPSA) is 78.8 Å². The van der Waals surface area contributed by atoms with Gasteiger partial charge in [0.2, 0.25) is 10.0 Å². The minimum Gasteiger partial charge on any atom is -0.271 e. The minimum atomic E-state index is -3.66. The summed E-state index contributed by atoms with van der Waals surface area (Å²) in [4.78, 5) is 12.0. The van der Waals surface area contributed by atoms with E-state index in [1.54, 1.807) is 30.3 Å². The number of sulfonamides is 1. The zero-order valence-electron chi connectivity index (χ0n) is 13.2. The Morgan fingerprint density at radius 3 is 2.52 bits per heavy atom. The number of hydrogen-bond acceptors (Lipinski definition) is 4. The molecule has 0 radical (unpaired) electrons. The van der Waals surface area contributed by atoms with Crippen LogP contribution in [0.3, 0.4) is 0 Å². The Balaban J connectivity index is 2.09. The molecular formula is C16H15ClFN3O3S. The van der Waals surface area contributed by atoms with Gasteiger partial charge in [0, 0.05) is 5.56 Å². The molecule has 0 aliphatic rings. The molecule has 0 unspecified atom stereocenters. The Morgan fingerprint density at radius 2 is 1.92 bits per heavy atom. The van der Waals surface area contributed by atoms with Crippen LogP contribution in [0.5, 0.6) is 0 Å². The van der Waals surface area contributed by atoms with Crippen molar-refractivity contribution in [1.29, 1.82) is 0 Å². The van der Waals surface area contributed by atoms with Crippen LogP contribution in [0.4, 0.5) is 10.1 Å². The summed E-state index contributed by atoms with van der Waals surface area (Å²) in [5.74, 6) is -1.27. The molecule has 1 amide bonds. The number of benzene rings is 2. The molecule has 0 heterocycles. The number of para-hydroxylation sites is 1. The fraction of sp³-hybridized carbons (Fsp3) is 0.125. The first-order valence-electron chi connectivity index (χ1n) is 7.07. The Labute approximate surface area is 150 Å². The van der Waals surface area contributed by atoms with Crippen LogP contribution in [0.25, 0.3) is 0 Å². The normalized spacial score (nSPS) is 11.5. The van der Waals surface area contributed by atoms with E-state index in [0.29, 0.717) is 5.69 Å². The molecular weight excluding hydrogens is 369 g/mol. The lowest BCUT2D eigenvalue weighted by Gasteiger charge is -2.21. The highest BCUT2D eigenvalue weighted by atomic mass is 35.5. The molecule has 0 saturated heterocycles. The van der Waals surface area contributed by atoms with Crippen molar-refractivity contribution in [2.24, 2.45) is 5.10 Å². The van der Waals surface area contributed by atoms with Crippen LogP contribution >= 0.6 is 11.6 Å². The summed E-state index contributed by atoms with van der Waals surface area (Å²) in [5, 5.41) is 3.76. The number of anilines is 1. The standard InChI is InChI=1S/C16H15ClFN3O3S/c1-25(23,24)21(12-6-3-2-4-7-12)11-16(22)20-19-10-13-14(17)8-5-9-15(13)18/h2-10H,11H2,1H3,(H,20,22)/b19-10-. The molecule has 2 aromatic rings. The van der Waals surface area contributed by atoms with Gasteiger partial charge < -0.3 is 0 Å². The second-order valence-corrected chi connectivity index (χ2v) is 7.35. The number of hydrazone groups is 1. The third kappa shape index (κ3) is 5.27. The summed E-state index contributed by atoms with van der Waals surface area (Å²) in [6.45, 7) is -0.467. The van der Waals surface area contributed by atoms with Crippen LogP contribution in [-0.4, -0.2) is 33.3 Å². The fourth-order valence-electron chi connectivity index (χ4n) is 1.96. The Kier molecular flexibility index (Phi) is 6.11. The molecule has 1 N–H and O–H groups in total. The van der Waals surface area contributed by atoms with E-state index in [-0.39, 0.29) is 10.6 Å². The lowest BCUT2D eigenvalue weighted by Crippen LogP contribution is -2.38. The molecule has 9 heteroatoms. The molecule has 25 heavy (non-hydrogen) atoms. The van der Waals surface area contributed by atoms with Crippen LogP contribution in [0.2, 0.25) is 5.02 Å². The van der Waals surface area contributed by atoms with Gasteiger partial charge in [0.15, 0.2) is 0 Å². The zero-order chi connectivity index (χ0) is 18.4. The molecule has 0 bridgehead atoms. The van der Waals surface area contributed by atoms with Gasteiger partial charge in [0.05, 0.1) is 23.2 Å². The molecule has 2 aromatic carbocycles. The molecule has 0 aliphatic carbocycles. The molecule has 6 nitrogen and oxygen atoms in total. The average molecular weight is 384 g/mol. The van der Waals surface area contributed by atoms with Crippen molar-refractivity contribution < 1.29 is 17.6 Å². The number of carbonyl (C=O) groups is 1. The van der Waals surface area contributed by atoms with Crippen LogP contribution in [0.15, 0.2) is 53.6 Å². The average Bonchev–Trinajstić information content (AvgIpc) is 2.55.